The van der Waals surface area contributed by atoms with Crippen LogP contribution >= 0.6 is 0 Å². The van der Waals surface area contributed by atoms with E-state index >= 15 is 0 Å². The summed E-state index contributed by atoms with van der Waals surface area (Å²) in [5, 5.41) is 3.58. The van der Waals surface area contributed by atoms with Crippen molar-refractivity contribution in [1.29, 1.82) is 0 Å². The van der Waals surface area contributed by atoms with E-state index < -0.39 is 0 Å². The third kappa shape index (κ3) is 2.39. The SMILES string of the molecule is CC1(CNCc2cccc3c2OC(C)(C)C3)CC1. The van der Waals surface area contributed by atoms with Crippen molar-refractivity contribution < 1.29 is 4.74 Å². The number of benzene rings is 1. The van der Waals surface area contributed by atoms with Crippen molar-refractivity contribution in [3.8, 4) is 5.75 Å². The fraction of sp³-hybridized carbons (Fsp3) is 0.625. The van der Waals surface area contributed by atoms with Crippen LogP contribution in [0.15, 0.2) is 18.2 Å². The first-order chi connectivity index (χ1) is 8.48. The molecule has 0 aromatic heterocycles. The molecule has 1 aliphatic heterocycles. The third-order valence-electron chi connectivity index (χ3n) is 4.14. The molecule has 1 aromatic rings. The first kappa shape index (κ1) is 12.0. The van der Waals surface area contributed by atoms with E-state index in [1.165, 1.54) is 24.0 Å². The van der Waals surface area contributed by atoms with E-state index in [1.807, 2.05) is 0 Å². The number of fused-ring (bicyclic) bond motifs is 1. The van der Waals surface area contributed by atoms with Crippen molar-refractivity contribution in [3.63, 3.8) is 0 Å². The van der Waals surface area contributed by atoms with Gasteiger partial charge in [-0.3, -0.25) is 0 Å². The minimum atomic E-state index is -0.0408. The zero-order valence-electron chi connectivity index (χ0n) is 11.7. The largest absolute Gasteiger partial charge is 0.487 e. The molecule has 0 saturated heterocycles. The summed E-state index contributed by atoms with van der Waals surface area (Å²) in [6.07, 6.45) is 3.76. The molecule has 0 bridgehead atoms. The maximum Gasteiger partial charge on any atom is 0.127 e. The van der Waals surface area contributed by atoms with E-state index in [0.29, 0.717) is 5.41 Å². The first-order valence-electron chi connectivity index (χ1n) is 6.98. The smallest absolute Gasteiger partial charge is 0.127 e. The van der Waals surface area contributed by atoms with Gasteiger partial charge in [0.1, 0.15) is 11.4 Å². The second-order valence-corrected chi connectivity index (χ2v) is 6.86. The molecule has 1 saturated carbocycles. The fourth-order valence-corrected chi connectivity index (χ4v) is 2.71. The quantitative estimate of drug-likeness (QED) is 0.879. The van der Waals surface area contributed by atoms with E-state index in [9.17, 15) is 0 Å². The summed E-state index contributed by atoms with van der Waals surface area (Å²) in [6.45, 7) is 8.73. The van der Waals surface area contributed by atoms with Gasteiger partial charge < -0.3 is 10.1 Å². The van der Waals surface area contributed by atoms with Crippen molar-refractivity contribution >= 4 is 0 Å². The van der Waals surface area contributed by atoms with E-state index in [4.69, 9.17) is 4.74 Å². The number of hydrogen-bond donors (Lipinski definition) is 1. The summed E-state index contributed by atoms with van der Waals surface area (Å²) < 4.78 is 6.08. The average Bonchev–Trinajstić information content (AvgIpc) is 2.90. The predicted octanol–water partition coefficient (Wildman–Crippen LogP) is 3.29. The Labute approximate surface area is 110 Å². The number of hydrogen-bond acceptors (Lipinski definition) is 2. The van der Waals surface area contributed by atoms with Gasteiger partial charge in [-0.05, 0) is 37.7 Å². The Balaban J connectivity index is 1.68. The molecule has 0 spiro atoms. The molecule has 1 aliphatic carbocycles. The summed E-state index contributed by atoms with van der Waals surface area (Å²) in [5.41, 5.74) is 3.19. The summed E-state index contributed by atoms with van der Waals surface area (Å²) in [4.78, 5) is 0. The van der Waals surface area contributed by atoms with Crippen LogP contribution in [0.25, 0.3) is 0 Å². The van der Waals surface area contributed by atoms with E-state index in [0.717, 1.165) is 25.3 Å². The first-order valence-corrected chi connectivity index (χ1v) is 6.98. The number of ether oxygens (including phenoxy) is 1. The maximum absolute atomic E-state index is 6.08. The second kappa shape index (κ2) is 3.99. The van der Waals surface area contributed by atoms with Gasteiger partial charge in [0.05, 0.1) is 0 Å². The molecule has 98 valence electrons. The lowest BCUT2D eigenvalue weighted by Gasteiger charge is -2.18. The van der Waals surface area contributed by atoms with Crippen LogP contribution < -0.4 is 10.1 Å². The summed E-state index contributed by atoms with van der Waals surface area (Å²) in [7, 11) is 0. The Kier molecular flexibility index (Phi) is 2.67. The highest BCUT2D eigenvalue weighted by molar-refractivity contribution is 5.45. The molecule has 1 fully saturated rings. The van der Waals surface area contributed by atoms with Crippen LogP contribution in [0.5, 0.6) is 5.75 Å². The minimum absolute atomic E-state index is 0.0408. The van der Waals surface area contributed by atoms with E-state index in [2.05, 4.69) is 44.3 Å². The molecule has 3 rings (SSSR count). The minimum Gasteiger partial charge on any atom is -0.487 e. The molecule has 2 nitrogen and oxygen atoms in total. The average molecular weight is 245 g/mol. The van der Waals surface area contributed by atoms with Crippen LogP contribution in [-0.2, 0) is 13.0 Å². The van der Waals surface area contributed by atoms with Gasteiger partial charge in [0, 0.05) is 25.1 Å². The lowest BCUT2D eigenvalue weighted by atomic mass is 10.0. The molecule has 0 atom stereocenters. The fourth-order valence-electron chi connectivity index (χ4n) is 2.71. The van der Waals surface area contributed by atoms with Gasteiger partial charge >= 0.3 is 0 Å². The van der Waals surface area contributed by atoms with Crippen LogP contribution in [0, 0.1) is 5.41 Å². The Bertz CT molecular complexity index is 460. The highest BCUT2D eigenvalue weighted by Gasteiger charge is 2.36. The molecule has 18 heavy (non-hydrogen) atoms. The molecule has 1 N–H and O–H groups in total. The van der Waals surface area contributed by atoms with Gasteiger partial charge in [0.2, 0.25) is 0 Å². The number of para-hydroxylation sites is 1. The Hall–Kier alpha value is -1.02. The van der Waals surface area contributed by atoms with Crippen molar-refractivity contribution in [2.75, 3.05) is 6.54 Å². The van der Waals surface area contributed by atoms with E-state index in [1.54, 1.807) is 0 Å². The Morgan fingerprint density at radius 2 is 2.00 bits per heavy atom. The normalized spacial score (nSPS) is 22.4. The third-order valence-corrected chi connectivity index (χ3v) is 4.14. The molecule has 1 heterocycles. The molecular weight excluding hydrogens is 222 g/mol. The van der Waals surface area contributed by atoms with Gasteiger partial charge in [0.25, 0.3) is 0 Å². The van der Waals surface area contributed by atoms with Crippen LogP contribution in [-0.4, -0.2) is 12.1 Å². The standard InChI is InChI=1S/C16H23NO/c1-15(2)9-12-5-4-6-13(14(12)18-15)10-17-11-16(3)7-8-16/h4-6,17H,7-11H2,1-3H3. The second-order valence-electron chi connectivity index (χ2n) is 6.86. The van der Waals surface area contributed by atoms with Crippen LogP contribution in [0.2, 0.25) is 0 Å². The maximum atomic E-state index is 6.08. The highest BCUT2D eigenvalue weighted by atomic mass is 16.5. The molecule has 0 amide bonds. The van der Waals surface area contributed by atoms with Gasteiger partial charge in [0.15, 0.2) is 0 Å². The summed E-state index contributed by atoms with van der Waals surface area (Å²) in [5.74, 6) is 1.12. The van der Waals surface area contributed by atoms with Gasteiger partial charge in [-0.25, -0.2) is 0 Å². The van der Waals surface area contributed by atoms with E-state index in [-0.39, 0.29) is 5.60 Å². The topological polar surface area (TPSA) is 21.3 Å². The number of nitrogens with one attached hydrogen (secondary N) is 1. The van der Waals surface area contributed by atoms with Gasteiger partial charge in [-0.2, -0.15) is 0 Å². The molecule has 2 aliphatic rings. The molecule has 2 heteroatoms. The molecule has 0 radical (unpaired) electrons. The lowest BCUT2D eigenvalue weighted by molar-refractivity contribution is 0.137. The van der Waals surface area contributed by atoms with Crippen LogP contribution in [0.4, 0.5) is 0 Å². The van der Waals surface area contributed by atoms with Gasteiger partial charge in [-0.15, -0.1) is 0 Å². The van der Waals surface area contributed by atoms with Crippen LogP contribution in [0.3, 0.4) is 0 Å². The lowest BCUT2D eigenvalue weighted by Crippen LogP contribution is -2.25. The monoisotopic (exact) mass is 245 g/mol. The Morgan fingerprint density at radius 1 is 1.22 bits per heavy atom. The Morgan fingerprint density at radius 3 is 2.72 bits per heavy atom. The molecular formula is C16H23NO. The van der Waals surface area contributed by atoms with Crippen molar-refractivity contribution in [3.05, 3.63) is 29.3 Å². The number of rotatable bonds is 4. The predicted molar refractivity (Wildman–Crippen MR) is 73.9 cm³/mol. The molecule has 0 unspecified atom stereocenters. The van der Waals surface area contributed by atoms with Crippen molar-refractivity contribution in [1.82, 2.24) is 5.32 Å². The zero-order valence-corrected chi connectivity index (χ0v) is 11.7. The van der Waals surface area contributed by atoms with Crippen LogP contribution in [0.1, 0.15) is 44.7 Å². The molecule has 1 aromatic carbocycles. The highest BCUT2D eigenvalue weighted by Crippen LogP contribution is 2.44. The zero-order chi connectivity index (χ0) is 12.8. The van der Waals surface area contributed by atoms with Crippen molar-refractivity contribution in [2.24, 2.45) is 5.41 Å². The van der Waals surface area contributed by atoms with Gasteiger partial charge in [-0.1, -0.05) is 25.1 Å². The summed E-state index contributed by atoms with van der Waals surface area (Å²) in [6, 6.07) is 6.53. The summed E-state index contributed by atoms with van der Waals surface area (Å²) >= 11 is 0. The van der Waals surface area contributed by atoms with Crippen molar-refractivity contribution in [2.45, 2.75) is 52.2 Å².